The van der Waals surface area contributed by atoms with Crippen LogP contribution in [-0.4, -0.2) is 139 Å². The summed E-state index contributed by atoms with van der Waals surface area (Å²) < 4.78 is 36.6. The van der Waals surface area contributed by atoms with Crippen molar-refractivity contribution in [2.75, 3.05) is 35.0 Å². The molecule has 428 valence electrons. The van der Waals surface area contributed by atoms with Gasteiger partial charge in [0.2, 0.25) is 5.79 Å². The van der Waals surface area contributed by atoms with Crippen molar-refractivity contribution < 1.29 is 63.0 Å². The Labute approximate surface area is 456 Å². The Bertz CT molecular complexity index is 2300. The van der Waals surface area contributed by atoms with Crippen molar-refractivity contribution in [1.82, 2.24) is 4.90 Å². The Morgan fingerprint density at radius 3 is 2.32 bits per heavy atom. The largest absolute Gasteiger partial charge is 0.460 e. The molecule has 3 aliphatic heterocycles. The number of hydrogen-bond acceptors (Lipinski definition) is 15. The Hall–Kier alpha value is -4.75. The van der Waals surface area contributed by atoms with E-state index in [0.717, 1.165) is 17.6 Å². The number of cyclic esters (lactones) is 1. The minimum absolute atomic E-state index is 0.0532. The number of nitrogens with zero attached hydrogens (tertiary/aromatic N) is 5. The van der Waals surface area contributed by atoms with Crippen LogP contribution in [0.5, 0.6) is 0 Å². The van der Waals surface area contributed by atoms with E-state index in [-0.39, 0.29) is 61.7 Å². The van der Waals surface area contributed by atoms with Gasteiger partial charge in [-0.25, -0.2) is 4.79 Å². The average Bonchev–Trinajstić information content (AvgIpc) is 3.41. The van der Waals surface area contributed by atoms with Gasteiger partial charge in [-0.2, -0.15) is 0 Å². The van der Waals surface area contributed by atoms with Crippen molar-refractivity contribution in [3.8, 4) is 0 Å². The SMILES string of the molecule is CO[C@H]1C[C@@H]2CC[C@@H](C)[C@@](O)(O2)C(=O)C(=O)N2CCCC[C@H]2C(=O)O[C@H]([C@H](C)C[C@@H]2CC[C@@H](O)[C@H](OC)C2)C[C@@H](OC)[C@H](C)/C=C(\C)[C@@H](O)[C@@H](OC)/C(=N/OCc2cccc(N=[N+]=[N-])c2)[C@H](C)C[C@H](C)/C=C/C=C/C=C/1C. The van der Waals surface area contributed by atoms with E-state index in [0.29, 0.717) is 74.8 Å². The molecule has 1 aromatic carbocycles. The van der Waals surface area contributed by atoms with Crippen LogP contribution in [0.15, 0.2) is 82.1 Å². The van der Waals surface area contributed by atoms with E-state index in [1.54, 1.807) is 46.5 Å². The number of esters is 1. The lowest BCUT2D eigenvalue weighted by molar-refractivity contribution is -0.265. The molecule has 3 heterocycles. The van der Waals surface area contributed by atoms with Crippen LogP contribution in [0.1, 0.15) is 131 Å². The Balaban J connectivity index is 1.54. The summed E-state index contributed by atoms with van der Waals surface area (Å²) in [4.78, 5) is 53.7. The van der Waals surface area contributed by atoms with E-state index in [4.69, 9.17) is 38.8 Å². The third-order valence-electron chi connectivity index (χ3n) is 16.4. The highest BCUT2D eigenvalue weighted by molar-refractivity contribution is 6.39. The Morgan fingerprint density at radius 1 is 0.870 bits per heavy atom. The molecule has 1 aliphatic carbocycles. The van der Waals surface area contributed by atoms with Gasteiger partial charge in [-0.3, -0.25) is 9.59 Å². The summed E-state index contributed by atoms with van der Waals surface area (Å²) in [7, 11) is 6.32. The number of azide groups is 1. The van der Waals surface area contributed by atoms with Gasteiger partial charge in [-0.05, 0) is 124 Å². The zero-order valence-electron chi connectivity index (χ0n) is 47.5. The molecule has 1 amide bonds. The number of fused-ring (bicyclic) bond motifs is 3. The van der Waals surface area contributed by atoms with Crippen LogP contribution < -0.4 is 0 Å². The number of hydrogen-bond donors (Lipinski definition) is 3. The normalized spacial score (nSPS) is 37.2. The molecule has 1 saturated carbocycles. The van der Waals surface area contributed by atoms with E-state index < -0.39 is 78.1 Å². The van der Waals surface area contributed by atoms with E-state index in [1.807, 2.05) is 71.1 Å². The maximum absolute atomic E-state index is 14.7. The minimum Gasteiger partial charge on any atom is -0.460 e. The van der Waals surface area contributed by atoms with Gasteiger partial charge in [0.25, 0.3) is 11.7 Å². The van der Waals surface area contributed by atoms with Crippen LogP contribution in [0, 0.1) is 35.5 Å². The first-order valence-corrected chi connectivity index (χ1v) is 27.8. The number of carbonyl (C=O) groups is 3. The van der Waals surface area contributed by atoms with Crippen molar-refractivity contribution in [1.29, 1.82) is 0 Å². The van der Waals surface area contributed by atoms with Crippen LogP contribution in [0.25, 0.3) is 10.4 Å². The van der Waals surface area contributed by atoms with Gasteiger partial charge >= 0.3 is 5.97 Å². The molecule has 18 nitrogen and oxygen atoms in total. The lowest BCUT2D eigenvalue weighted by atomic mass is 9.78. The van der Waals surface area contributed by atoms with E-state index >= 15 is 0 Å². The molecular weight excluding hydrogens is 987 g/mol. The smallest absolute Gasteiger partial charge is 0.329 e. The number of allylic oxidation sites excluding steroid dienone is 5. The van der Waals surface area contributed by atoms with E-state index in [2.05, 4.69) is 28.2 Å². The monoisotopic (exact) mass is 1080 g/mol. The quantitative estimate of drug-likeness (QED) is 0.0356. The second-order valence-electron chi connectivity index (χ2n) is 22.2. The standard InChI is InChI=1S/C59H89N5O13/c1-36-18-13-12-14-19-37(2)49(71-8)33-46-25-23-42(7)59(70,77-46)56(67)57(68)64-27-16-15-22-47(64)58(69)76-51(39(4)30-43-24-26-48(65)52(32-43)73-10)34-50(72-9)38(3)29-41(6)54(66)55(74-11)53(40(5)28-36)62-75-35-44-20-17-21-45(31-44)61-63-60/h12-14,17-21,29,31,36,38-40,42-43,46-52,54-55,65-66,70H,15-16,22-28,30,32-35H2,1-11H3/b14-12+,18-13+,37-19+,41-29+,62-53+/t36-,38-,39-,40-,42-,43+,46+,47+,48-,49+,50-,51+,52-,54-,55+,59-/m1/s1. The lowest BCUT2D eigenvalue weighted by Crippen LogP contribution is -2.61. The number of piperidine rings is 1. The predicted molar refractivity (Wildman–Crippen MR) is 293 cm³/mol. The topological polar surface area (TPSA) is 241 Å². The number of rotatable bonds is 11. The molecule has 3 fully saturated rings. The summed E-state index contributed by atoms with van der Waals surface area (Å²) in [6.07, 6.45) is 12.7. The number of benzene rings is 1. The summed E-state index contributed by atoms with van der Waals surface area (Å²) >= 11 is 0. The molecule has 5 rings (SSSR count). The maximum atomic E-state index is 14.7. The van der Waals surface area contributed by atoms with Crippen LogP contribution in [0.4, 0.5) is 5.69 Å². The van der Waals surface area contributed by atoms with Gasteiger partial charge < -0.3 is 53.5 Å². The molecule has 77 heavy (non-hydrogen) atoms. The van der Waals surface area contributed by atoms with Crippen molar-refractivity contribution in [2.24, 2.45) is 45.8 Å². The number of ether oxygens (including phenoxy) is 6. The number of ketones is 1. The first-order valence-electron chi connectivity index (χ1n) is 27.8. The lowest BCUT2D eigenvalue weighted by Gasteiger charge is -2.43. The van der Waals surface area contributed by atoms with Crippen molar-refractivity contribution >= 4 is 29.1 Å². The van der Waals surface area contributed by atoms with Gasteiger partial charge in [0.1, 0.15) is 31.0 Å². The summed E-state index contributed by atoms with van der Waals surface area (Å²) in [6, 6.07) is 5.93. The second-order valence-corrected chi connectivity index (χ2v) is 22.2. The van der Waals surface area contributed by atoms with Gasteiger partial charge in [0, 0.05) is 76.2 Å². The van der Waals surface area contributed by atoms with Gasteiger partial charge in [-0.15, -0.1) is 0 Å². The molecule has 16 atom stereocenters. The summed E-state index contributed by atoms with van der Waals surface area (Å²) in [6.45, 7) is 13.8. The summed E-state index contributed by atoms with van der Waals surface area (Å²) in [5.74, 6) is -6.42. The highest BCUT2D eigenvalue weighted by Gasteiger charge is 2.53. The number of aliphatic hydroxyl groups excluding tert-OH is 2. The third-order valence-corrected chi connectivity index (χ3v) is 16.4. The molecule has 4 aliphatic rings. The number of methoxy groups -OCH3 is 4. The van der Waals surface area contributed by atoms with Crippen LogP contribution >= 0.6 is 0 Å². The summed E-state index contributed by atoms with van der Waals surface area (Å²) in [5.41, 5.74) is 12.2. The highest BCUT2D eigenvalue weighted by atomic mass is 16.6. The molecule has 0 spiro atoms. The molecule has 3 N–H and O–H groups in total. The van der Waals surface area contributed by atoms with Crippen molar-refractivity contribution in [3.05, 3.63) is 87.9 Å². The first-order chi connectivity index (χ1) is 36.8. The third kappa shape index (κ3) is 17.4. The van der Waals surface area contributed by atoms with Crippen molar-refractivity contribution in [3.63, 3.8) is 0 Å². The molecule has 2 bridgehead atoms. The molecule has 0 unspecified atom stereocenters. The molecule has 2 saturated heterocycles. The van der Waals surface area contributed by atoms with Gasteiger partial charge in [0.15, 0.2) is 0 Å². The van der Waals surface area contributed by atoms with Crippen LogP contribution in [0.2, 0.25) is 0 Å². The van der Waals surface area contributed by atoms with Gasteiger partial charge in [0.05, 0.1) is 36.2 Å². The van der Waals surface area contributed by atoms with Crippen LogP contribution in [-0.2, 0) is 54.2 Å². The molecule has 18 heteroatoms. The van der Waals surface area contributed by atoms with Gasteiger partial charge in [-0.1, -0.05) is 99.5 Å². The number of Topliss-reactive ketones (excluding diaryl/α,β-unsaturated/α-hetero) is 1. The van der Waals surface area contributed by atoms with E-state index in [9.17, 15) is 29.7 Å². The fraction of sp³-hybridized carbons (Fsp3) is 0.695. The average molecular weight is 1080 g/mol. The maximum Gasteiger partial charge on any atom is 0.329 e. The molecule has 0 radical (unpaired) electrons. The second kappa shape index (κ2) is 30.6. The minimum atomic E-state index is -2.42. The predicted octanol–water partition coefficient (Wildman–Crippen LogP) is 9.57. The number of amides is 1. The van der Waals surface area contributed by atoms with E-state index in [1.165, 1.54) is 12.0 Å². The number of oxime groups is 1. The summed E-state index contributed by atoms with van der Waals surface area (Å²) in [5, 5.41) is 43.3. The highest BCUT2D eigenvalue weighted by Crippen LogP contribution is 2.38. The Morgan fingerprint density at radius 2 is 1.62 bits per heavy atom. The number of aliphatic hydroxyl groups is 3. The number of carbonyl (C=O) groups excluding carboxylic acids is 3. The molecule has 1 aromatic rings. The zero-order chi connectivity index (χ0) is 56.4. The van der Waals surface area contributed by atoms with Crippen molar-refractivity contribution in [2.45, 2.75) is 193 Å². The first kappa shape index (κ1) is 63.1. The molecular formula is C59H89N5O13. The zero-order valence-corrected chi connectivity index (χ0v) is 47.5. The molecule has 0 aromatic heterocycles. The Kier molecular flexibility index (Phi) is 25.0. The fourth-order valence-corrected chi connectivity index (χ4v) is 11.7. The van der Waals surface area contributed by atoms with Crippen LogP contribution in [0.3, 0.4) is 0 Å². The fourth-order valence-electron chi connectivity index (χ4n) is 11.7.